The van der Waals surface area contributed by atoms with Gasteiger partial charge in [-0.3, -0.25) is 4.79 Å². The van der Waals surface area contributed by atoms with Crippen molar-refractivity contribution in [2.45, 2.75) is 35.4 Å². The minimum absolute atomic E-state index is 0.0434. The lowest BCUT2D eigenvalue weighted by Crippen LogP contribution is -2.30. The fraction of sp³-hybridized carbons (Fsp3) is 0.208. The zero-order valence-corrected chi connectivity index (χ0v) is 20.9. The van der Waals surface area contributed by atoms with Crippen LogP contribution in [0.3, 0.4) is 0 Å². The number of carbonyl (C=O) groups excluding carboxylic acids is 1. The first-order chi connectivity index (χ1) is 15.7. The summed E-state index contributed by atoms with van der Waals surface area (Å²) >= 11 is 7.59. The lowest BCUT2D eigenvalue weighted by molar-refractivity contribution is 0.102. The van der Waals surface area contributed by atoms with Crippen molar-refractivity contribution in [2.75, 3.05) is 12.4 Å². The van der Waals surface area contributed by atoms with Crippen LogP contribution in [0.5, 0.6) is 5.75 Å². The highest BCUT2D eigenvalue weighted by Gasteiger charge is 2.19. The van der Waals surface area contributed by atoms with Crippen LogP contribution < -0.4 is 14.8 Å². The predicted molar refractivity (Wildman–Crippen MR) is 134 cm³/mol. The molecule has 33 heavy (non-hydrogen) atoms. The summed E-state index contributed by atoms with van der Waals surface area (Å²) in [6.45, 7) is 3.47. The highest BCUT2D eigenvalue weighted by molar-refractivity contribution is 7.98. The smallest absolute Gasteiger partial charge is 0.255 e. The summed E-state index contributed by atoms with van der Waals surface area (Å²) in [5.74, 6) is 0.750. The summed E-state index contributed by atoms with van der Waals surface area (Å²) in [5, 5.41) is 3.45. The van der Waals surface area contributed by atoms with E-state index < -0.39 is 10.0 Å². The van der Waals surface area contributed by atoms with Crippen molar-refractivity contribution in [3.05, 3.63) is 82.9 Å². The van der Waals surface area contributed by atoms with Gasteiger partial charge in [0.1, 0.15) is 5.75 Å². The molecule has 0 fully saturated rings. The van der Waals surface area contributed by atoms with E-state index in [2.05, 4.69) is 10.0 Å². The maximum Gasteiger partial charge on any atom is 0.255 e. The molecule has 3 rings (SSSR count). The molecule has 0 radical (unpaired) electrons. The molecule has 6 nitrogen and oxygen atoms in total. The first-order valence-corrected chi connectivity index (χ1v) is 13.0. The number of rotatable bonds is 9. The Morgan fingerprint density at radius 1 is 1.03 bits per heavy atom. The van der Waals surface area contributed by atoms with Gasteiger partial charge in [0.25, 0.3) is 5.91 Å². The van der Waals surface area contributed by atoms with E-state index in [0.717, 1.165) is 16.2 Å². The van der Waals surface area contributed by atoms with E-state index in [4.69, 9.17) is 16.3 Å². The van der Waals surface area contributed by atoms with E-state index in [9.17, 15) is 13.2 Å². The second-order valence-electron chi connectivity index (χ2n) is 7.53. The second kappa shape index (κ2) is 11.1. The van der Waals surface area contributed by atoms with Crippen molar-refractivity contribution >= 4 is 45.0 Å². The maximum atomic E-state index is 12.8. The predicted octanol–water partition coefficient (Wildman–Crippen LogP) is 5.58. The molecule has 2 N–H and O–H groups in total. The number of sulfonamides is 1. The van der Waals surface area contributed by atoms with Crippen molar-refractivity contribution < 1.29 is 17.9 Å². The van der Waals surface area contributed by atoms with Crippen molar-refractivity contribution in [3.63, 3.8) is 0 Å². The molecular formula is C24H25ClN2O4S2. The monoisotopic (exact) mass is 504 g/mol. The largest absolute Gasteiger partial charge is 0.495 e. The Morgan fingerprint density at radius 3 is 2.30 bits per heavy atom. The van der Waals surface area contributed by atoms with E-state index in [0.29, 0.717) is 16.3 Å². The summed E-state index contributed by atoms with van der Waals surface area (Å²) in [4.78, 5) is 13.9. The average molecular weight is 505 g/mol. The van der Waals surface area contributed by atoms with Crippen LogP contribution in [0.1, 0.15) is 29.8 Å². The third-order valence-corrected chi connectivity index (χ3v) is 7.55. The summed E-state index contributed by atoms with van der Waals surface area (Å²) in [6, 6.07) is 19.0. The Bertz CT molecular complexity index is 1210. The van der Waals surface area contributed by atoms with Crippen molar-refractivity contribution in [1.29, 1.82) is 0 Å². The van der Waals surface area contributed by atoms with E-state index in [-0.39, 0.29) is 22.5 Å². The lowest BCUT2D eigenvalue weighted by atomic mass is 10.1. The zero-order valence-electron chi connectivity index (χ0n) is 18.5. The molecule has 3 aromatic carbocycles. The Balaban J connectivity index is 1.71. The van der Waals surface area contributed by atoms with E-state index in [1.54, 1.807) is 37.7 Å². The molecule has 3 aromatic rings. The molecule has 0 aliphatic heterocycles. The molecule has 0 saturated heterocycles. The van der Waals surface area contributed by atoms with Gasteiger partial charge in [-0.2, -0.15) is 0 Å². The molecule has 0 spiro atoms. The van der Waals surface area contributed by atoms with Crippen LogP contribution in [0.2, 0.25) is 5.02 Å². The Morgan fingerprint density at radius 2 is 1.70 bits per heavy atom. The number of nitrogens with one attached hydrogen (secondary N) is 2. The Hall–Kier alpha value is -2.52. The van der Waals surface area contributed by atoms with E-state index in [1.165, 1.54) is 25.3 Å². The van der Waals surface area contributed by atoms with Gasteiger partial charge in [0.05, 0.1) is 17.7 Å². The fourth-order valence-corrected chi connectivity index (χ4v) is 5.23. The molecule has 0 saturated carbocycles. The highest BCUT2D eigenvalue weighted by atomic mass is 35.5. The van der Waals surface area contributed by atoms with Crippen LogP contribution in [0.4, 0.5) is 5.69 Å². The van der Waals surface area contributed by atoms with Gasteiger partial charge in [-0.25, -0.2) is 13.1 Å². The van der Waals surface area contributed by atoms with Crippen LogP contribution in [0.25, 0.3) is 0 Å². The van der Waals surface area contributed by atoms with Gasteiger partial charge < -0.3 is 10.1 Å². The molecule has 9 heteroatoms. The van der Waals surface area contributed by atoms with Gasteiger partial charge in [0.2, 0.25) is 10.0 Å². The number of hydrogen-bond acceptors (Lipinski definition) is 5. The van der Waals surface area contributed by atoms with Gasteiger partial charge in [0, 0.05) is 27.3 Å². The molecule has 0 aromatic heterocycles. The van der Waals surface area contributed by atoms with Crippen molar-refractivity contribution in [1.82, 2.24) is 4.72 Å². The van der Waals surface area contributed by atoms with Crippen LogP contribution in [-0.2, 0) is 15.8 Å². The van der Waals surface area contributed by atoms with Crippen molar-refractivity contribution in [3.8, 4) is 5.75 Å². The molecule has 174 valence electrons. The number of halogens is 1. The first kappa shape index (κ1) is 25.1. The van der Waals surface area contributed by atoms with Gasteiger partial charge >= 0.3 is 0 Å². The van der Waals surface area contributed by atoms with Crippen LogP contribution in [-0.4, -0.2) is 27.5 Å². The number of ether oxygens (including phenoxy) is 1. The number of methoxy groups -OCH3 is 1. The maximum absolute atomic E-state index is 12.8. The molecule has 0 aliphatic rings. The molecule has 0 bridgehead atoms. The molecule has 0 aliphatic carbocycles. The molecule has 0 heterocycles. The molecule has 0 atom stereocenters. The number of anilines is 1. The number of carbonyl (C=O) groups is 1. The van der Waals surface area contributed by atoms with Crippen molar-refractivity contribution in [2.24, 2.45) is 0 Å². The second-order valence-corrected chi connectivity index (χ2v) is 10.7. The average Bonchev–Trinajstić information content (AvgIpc) is 2.78. The summed E-state index contributed by atoms with van der Waals surface area (Å²) in [7, 11) is -2.25. The van der Waals surface area contributed by atoms with Gasteiger partial charge in [-0.1, -0.05) is 23.7 Å². The number of thioether (sulfide) groups is 1. The highest BCUT2D eigenvalue weighted by Crippen LogP contribution is 2.29. The third-order valence-electron chi connectivity index (χ3n) is 4.56. The minimum atomic E-state index is -3.71. The van der Waals surface area contributed by atoms with Crippen LogP contribution >= 0.6 is 23.4 Å². The molecule has 0 unspecified atom stereocenters. The summed E-state index contributed by atoms with van der Waals surface area (Å²) in [5.41, 5.74) is 1.79. The number of amides is 1. The normalized spacial score (nSPS) is 11.4. The van der Waals surface area contributed by atoms with Gasteiger partial charge in [-0.05, 0) is 74.0 Å². The Kier molecular flexibility index (Phi) is 8.42. The van der Waals surface area contributed by atoms with E-state index >= 15 is 0 Å². The third kappa shape index (κ3) is 6.98. The topological polar surface area (TPSA) is 84.5 Å². The SMILES string of the molecule is COc1ccc(S(=O)(=O)NC(C)C)cc1NC(=O)c1ccc(CSc2ccc(Cl)cc2)cc1. The quantitative estimate of drug-likeness (QED) is 0.371. The zero-order chi connectivity index (χ0) is 24.0. The number of benzene rings is 3. The Labute approximate surface area is 203 Å². The van der Waals surface area contributed by atoms with Gasteiger partial charge in [0.15, 0.2) is 0 Å². The fourth-order valence-electron chi connectivity index (χ4n) is 2.97. The first-order valence-electron chi connectivity index (χ1n) is 10.2. The standard InChI is InChI=1S/C24H25ClN2O4S2/c1-16(2)27-33(29,30)21-12-13-23(31-3)22(14-21)26-24(28)18-6-4-17(5-7-18)15-32-20-10-8-19(25)9-11-20/h4-14,16,27H,15H2,1-3H3,(H,26,28). The van der Waals surface area contributed by atoms with E-state index in [1.807, 2.05) is 36.4 Å². The summed E-state index contributed by atoms with van der Waals surface area (Å²) < 4.78 is 32.8. The number of hydrogen-bond donors (Lipinski definition) is 2. The summed E-state index contributed by atoms with van der Waals surface area (Å²) in [6.07, 6.45) is 0. The lowest BCUT2D eigenvalue weighted by Gasteiger charge is -2.14. The molecular weight excluding hydrogens is 480 g/mol. The molecule has 1 amide bonds. The minimum Gasteiger partial charge on any atom is -0.495 e. The van der Waals surface area contributed by atoms with Crippen LogP contribution in [0, 0.1) is 0 Å². The van der Waals surface area contributed by atoms with Crippen LogP contribution in [0.15, 0.2) is 76.5 Å². The van der Waals surface area contributed by atoms with Gasteiger partial charge in [-0.15, -0.1) is 11.8 Å².